The average Bonchev–Trinajstić information content (AvgIpc) is 2.90. The molecule has 3 aromatic rings. The second-order valence-corrected chi connectivity index (χ2v) is 10.9. The number of fused-ring (bicyclic) bond motifs is 2. The number of carbonyl (C=O) groups excluding carboxylic acids is 1. The summed E-state index contributed by atoms with van der Waals surface area (Å²) in [5, 5.41) is 6.22. The maximum Gasteiger partial charge on any atom is 0.275 e. The first-order valence-electron chi connectivity index (χ1n) is 13.5. The highest BCUT2D eigenvalue weighted by Crippen LogP contribution is 2.31. The van der Waals surface area contributed by atoms with Gasteiger partial charge in [-0.3, -0.25) is 9.59 Å². The zero-order valence-corrected chi connectivity index (χ0v) is 21.6. The largest absolute Gasteiger partial charge is 0.338 e. The topological polar surface area (TPSA) is 58.4 Å². The van der Waals surface area contributed by atoms with Gasteiger partial charge in [0.15, 0.2) is 0 Å². The number of hydrogen-bond donors (Lipinski definition) is 0. The summed E-state index contributed by atoms with van der Waals surface area (Å²) in [4.78, 5) is 31.6. The van der Waals surface area contributed by atoms with Crippen LogP contribution in [0.5, 0.6) is 0 Å². The molecule has 2 aliphatic heterocycles. The number of carbonyl (C=O) groups is 1. The van der Waals surface area contributed by atoms with Crippen LogP contribution < -0.4 is 5.56 Å². The smallest absolute Gasteiger partial charge is 0.275 e. The highest BCUT2D eigenvalue weighted by atomic mass is 16.2. The molecular formula is C30H38N4O2. The molecule has 1 amide bonds. The molecule has 0 N–H and O–H groups in total. The fourth-order valence-electron chi connectivity index (χ4n) is 5.98. The molecule has 6 heteroatoms. The third kappa shape index (κ3) is 5.39. The fourth-order valence-corrected chi connectivity index (χ4v) is 5.98. The quantitative estimate of drug-likeness (QED) is 0.498. The van der Waals surface area contributed by atoms with Crippen LogP contribution in [0.2, 0.25) is 0 Å². The van der Waals surface area contributed by atoms with Gasteiger partial charge in [0.25, 0.3) is 5.56 Å². The minimum atomic E-state index is -0.187. The molecule has 0 spiro atoms. The molecule has 0 radical (unpaired) electrons. The van der Waals surface area contributed by atoms with E-state index in [9.17, 15) is 9.59 Å². The van der Waals surface area contributed by atoms with Crippen LogP contribution >= 0.6 is 0 Å². The molecular weight excluding hydrogens is 448 g/mol. The van der Waals surface area contributed by atoms with E-state index in [2.05, 4.69) is 35.8 Å². The van der Waals surface area contributed by atoms with Crippen LogP contribution in [0, 0.1) is 11.8 Å². The summed E-state index contributed by atoms with van der Waals surface area (Å²) in [5.74, 6) is 1.26. The van der Waals surface area contributed by atoms with E-state index in [-0.39, 0.29) is 24.1 Å². The number of benzene rings is 2. The fraction of sp³-hybridized carbons (Fsp3) is 0.500. The summed E-state index contributed by atoms with van der Waals surface area (Å²) >= 11 is 0. The molecule has 2 aromatic carbocycles. The molecule has 0 bridgehead atoms. The van der Waals surface area contributed by atoms with Crippen LogP contribution in [0.1, 0.15) is 50.8 Å². The number of rotatable bonds is 7. The third-order valence-corrected chi connectivity index (χ3v) is 7.94. The molecule has 2 aliphatic rings. The van der Waals surface area contributed by atoms with Gasteiger partial charge in [-0.1, -0.05) is 62.4 Å². The van der Waals surface area contributed by atoms with E-state index in [1.165, 1.54) is 17.5 Å². The molecule has 2 fully saturated rings. The van der Waals surface area contributed by atoms with Gasteiger partial charge in [-0.15, -0.1) is 0 Å². The van der Waals surface area contributed by atoms with Gasteiger partial charge in [-0.25, -0.2) is 4.68 Å². The Bertz CT molecular complexity index is 1250. The van der Waals surface area contributed by atoms with E-state index >= 15 is 0 Å². The molecule has 2 saturated heterocycles. The van der Waals surface area contributed by atoms with Gasteiger partial charge in [-0.2, -0.15) is 5.10 Å². The predicted molar refractivity (Wildman–Crippen MR) is 144 cm³/mol. The Hall–Kier alpha value is -2.99. The SMILES string of the molecule is CC(C)CCN1CC[C@H]2[C@@H](CCCN2C(=O)Cn2nc(Cc3ccccc3)c3ccccc3c2=O)C1. The van der Waals surface area contributed by atoms with Crippen molar-refractivity contribution < 1.29 is 4.79 Å². The van der Waals surface area contributed by atoms with Crippen molar-refractivity contribution in [2.75, 3.05) is 26.2 Å². The lowest BCUT2D eigenvalue weighted by atomic mass is 9.83. The van der Waals surface area contributed by atoms with Crippen molar-refractivity contribution in [3.05, 3.63) is 76.2 Å². The van der Waals surface area contributed by atoms with Crippen LogP contribution in [0.15, 0.2) is 59.4 Å². The van der Waals surface area contributed by atoms with Crippen LogP contribution in [-0.2, 0) is 17.8 Å². The minimum absolute atomic E-state index is 0.00570. The van der Waals surface area contributed by atoms with Gasteiger partial charge >= 0.3 is 0 Å². The summed E-state index contributed by atoms with van der Waals surface area (Å²) in [7, 11) is 0. The maximum atomic E-state index is 13.6. The molecule has 1 aromatic heterocycles. The number of amides is 1. The summed E-state index contributed by atoms with van der Waals surface area (Å²) < 4.78 is 1.41. The van der Waals surface area contributed by atoms with Crippen molar-refractivity contribution in [3.63, 3.8) is 0 Å². The van der Waals surface area contributed by atoms with E-state index in [0.717, 1.165) is 55.7 Å². The van der Waals surface area contributed by atoms with E-state index in [1.807, 2.05) is 42.5 Å². The number of nitrogens with zero attached hydrogens (tertiary/aromatic N) is 4. The van der Waals surface area contributed by atoms with Crippen molar-refractivity contribution in [2.45, 2.75) is 58.5 Å². The molecule has 0 aliphatic carbocycles. The zero-order chi connectivity index (χ0) is 25.1. The second kappa shape index (κ2) is 11.0. The lowest BCUT2D eigenvalue weighted by Crippen LogP contribution is -2.56. The first-order chi connectivity index (χ1) is 17.5. The van der Waals surface area contributed by atoms with Gasteiger partial charge in [0.05, 0.1) is 11.1 Å². The highest BCUT2D eigenvalue weighted by molar-refractivity contribution is 5.84. The second-order valence-electron chi connectivity index (χ2n) is 10.9. The number of likely N-dealkylation sites (tertiary alicyclic amines) is 2. The molecule has 5 rings (SSSR count). The van der Waals surface area contributed by atoms with E-state index in [4.69, 9.17) is 5.10 Å². The number of aromatic nitrogens is 2. The van der Waals surface area contributed by atoms with Gasteiger partial charge < -0.3 is 9.80 Å². The van der Waals surface area contributed by atoms with Gasteiger partial charge in [0.1, 0.15) is 6.54 Å². The van der Waals surface area contributed by atoms with E-state index < -0.39 is 0 Å². The first-order valence-corrected chi connectivity index (χ1v) is 13.5. The molecule has 36 heavy (non-hydrogen) atoms. The predicted octanol–water partition coefficient (Wildman–Crippen LogP) is 4.35. The summed E-state index contributed by atoms with van der Waals surface area (Å²) in [6.45, 7) is 8.62. The Kier molecular flexibility index (Phi) is 7.51. The lowest BCUT2D eigenvalue weighted by molar-refractivity contribution is -0.139. The monoisotopic (exact) mass is 486 g/mol. The average molecular weight is 487 g/mol. The summed E-state index contributed by atoms with van der Waals surface area (Å²) in [5.41, 5.74) is 1.78. The van der Waals surface area contributed by atoms with Crippen LogP contribution in [0.4, 0.5) is 0 Å². The molecule has 6 nitrogen and oxygen atoms in total. The van der Waals surface area contributed by atoms with Crippen LogP contribution in [0.25, 0.3) is 10.8 Å². The van der Waals surface area contributed by atoms with Crippen molar-refractivity contribution >= 4 is 16.7 Å². The Morgan fingerprint density at radius 1 is 1.00 bits per heavy atom. The molecule has 2 atom stereocenters. The molecule has 3 heterocycles. The standard InChI is InChI=1S/C30H38N4O2/c1-22(2)14-17-32-18-15-28-24(20-32)11-8-16-33(28)29(35)21-34-30(36)26-13-7-6-12-25(26)27(31-34)19-23-9-4-3-5-10-23/h3-7,9-10,12-13,22,24,28H,8,11,14-21H2,1-2H3/t24-,28-/m0/s1. The van der Waals surface area contributed by atoms with Gasteiger partial charge in [0, 0.05) is 37.5 Å². The zero-order valence-electron chi connectivity index (χ0n) is 21.6. The van der Waals surface area contributed by atoms with Gasteiger partial charge in [0.2, 0.25) is 5.91 Å². The van der Waals surface area contributed by atoms with Crippen molar-refractivity contribution in [3.8, 4) is 0 Å². The Morgan fingerprint density at radius 2 is 1.75 bits per heavy atom. The molecule has 190 valence electrons. The van der Waals surface area contributed by atoms with Crippen LogP contribution in [-0.4, -0.2) is 57.7 Å². The lowest BCUT2D eigenvalue weighted by Gasteiger charge is -2.47. The van der Waals surface area contributed by atoms with Crippen LogP contribution in [0.3, 0.4) is 0 Å². The first kappa shape index (κ1) is 24.7. The number of hydrogen-bond acceptors (Lipinski definition) is 4. The molecule has 0 unspecified atom stereocenters. The molecule has 0 saturated carbocycles. The third-order valence-electron chi connectivity index (χ3n) is 7.94. The Balaban J connectivity index is 1.35. The van der Waals surface area contributed by atoms with Gasteiger partial charge in [-0.05, 0) is 55.7 Å². The summed E-state index contributed by atoms with van der Waals surface area (Å²) in [6, 6.07) is 18.1. The highest BCUT2D eigenvalue weighted by Gasteiger charge is 2.38. The number of piperidine rings is 2. The van der Waals surface area contributed by atoms with E-state index in [0.29, 0.717) is 23.6 Å². The Morgan fingerprint density at radius 3 is 2.53 bits per heavy atom. The minimum Gasteiger partial charge on any atom is -0.338 e. The van der Waals surface area contributed by atoms with Crippen molar-refractivity contribution in [1.82, 2.24) is 19.6 Å². The van der Waals surface area contributed by atoms with Crippen molar-refractivity contribution in [1.29, 1.82) is 0 Å². The maximum absolute atomic E-state index is 13.6. The normalized spacial score (nSPS) is 20.6. The summed E-state index contributed by atoms with van der Waals surface area (Å²) in [6.07, 6.45) is 5.08. The van der Waals surface area contributed by atoms with Crippen molar-refractivity contribution in [2.24, 2.45) is 11.8 Å². The Labute approximate surface area is 213 Å². The van der Waals surface area contributed by atoms with E-state index in [1.54, 1.807) is 0 Å².